The van der Waals surface area contributed by atoms with Crippen LogP contribution in [0.5, 0.6) is 0 Å². The average Bonchev–Trinajstić information content (AvgIpc) is 2.83. The van der Waals surface area contributed by atoms with E-state index in [-0.39, 0.29) is 41.7 Å². The summed E-state index contributed by atoms with van der Waals surface area (Å²) >= 11 is 0. The summed E-state index contributed by atoms with van der Waals surface area (Å²) < 4.78 is 13.2. The predicted octanol–water partition coefficient (Wildman–Crippen LogP) is 2.52. The van der Waals surface area contributed by atoms with Gasteiger partial charge in [-0.25, -0.2) is 9.37 Å². The summed E-state index contributed by atoms with van der Waals surface area (Å²) in [6.45, 7) is 5.24. The molecule has 1 unspecified atom stereocenters. The van der Waals surface area contributed by atoms with Crippen LogP contribution in [0.2, 0.25) is 0 Å². The van der Waals surface area contributed by atoms with Gasteiger partial charge in [-0.15, -0.1) is 0 Å². The summed E-state index contributed by atoms with van der Waals surface area (Å²) in [5.41, 5.74) is 1.14. The van der Waals surface area contributed by atoms with Gasteiger partial charge in [0.15, 0.2) is 0 Å². The number of hydrogen-bond donors (Lipinski definition) is 0. The van der Waals surface area contributed by atoms with Crippen molar-refractivity contribution in [3.8, 4) is 0 Å². The second kappa shape index (κ2) is 8.24. The molecule has 1 aliphatic heterocycles. The fraction of sp³-hybridized carbons (Fsp3) is 0.400. The first-order valence-electron chi connectivity index (χ1n) is 9.05. The highest BCUT2D eigenvalue weighted by Gasteiger charge is 2.34. The van der Waals surface area contributed by atoms with Gasteiger partial charge in [0.2, 0.25) is 5.91 Å². The van der Waals surface area contributed by atoms with E-state index in [2.05, 4.69) is 9.97 Å². The van der Waals surface area contributed by atoms with Gasteiger partial charge < -0.3 is 9.80 Å². The molecule has 6 nitrogen and oxygen atoms in total. The summed E-state index contributed by atoms with van der Waals surface area (Å²) in [5.74, 6) is -0.371. The maximum Gasteiger partial charge on any atom is 0.274 e. The molecule has 3 rings (SSSR count). The molecular weight excluding hydrogens is 347 g/mol. The Bertz CT molecular complexity index is 795. The van der Waals surface area contributed by atoms with Gasteiger partial charge in [-0.2, -0.15) is 0 Å². The van der Waals surface area contributed by atoms with Crippen molar-refractivity contribution < 1.29 is 14.0 Å². The normalized spacial score (nSPS) is 17.9. The molecule has 2 heterocycles. The molecule has 1 fully saturated rings. The molecule has 1 aromatic carbocycles. The van der Waals surface area contributed by atoms with Crippen molar-refractivity contribution in [1.29, 1.82) is 0 Å². The van der Waals surface area contributed by atoms with Crippen LogP contribution in [-0.4, -0.2) is 50.7 Å². The minimum atomic E-state index is -0.304. The number of carbonyl (C=O) groups excluding carboxylic acids is 2. The molecule has 1 aromatic heterocycles. The second-order valence-corrected chi connectivity index (χ2v) is 7.05. The van der Waals surface area contributed by atoms with Crippen LogP contribution in [0.1, 0.15) is 36.3 Å². The fourth-order valence-corrected chi connectivity index (χ4v) is 3.29. The van der Waals surface area contributed by atoms with Crippen LogP contribution in [0.15, 0.2) is 42.9 Å². The van der Waals surface area contributed by atoms with Crippen LogP contribution in [0.4, 0.5) is 4.39 Å². The minimum Gasteiger partial charge on any atom is -0.335 e. The zero-order chi connectivity index (χ0) is 19.4. The van der Waals surface area contributed by atoms with E-state index in [0.717, 1.165) is 5.56 Å². The van der Waals surface area contributed by atoms with Gasteiger partial charge in [0.05, 0.1) is 12.2 Å². The predicted molar refractivity (Wildman–Crippen MR) is 98.1 cm³/mol. The minimum absolute atomic E-state index is 0.00697. The van der Waals surface area contributed by atoms with E-state index in [1.54, 1.807) is 17.0 Å². The van der Waals surface area contributed by atoms with Crippen molar-refractivity contribution in [2.45, 2.75) is 32.9 Å². The average molecular weight is 370 g/mol. The first kappa shape index (κ1) is 18.9. The van der Waals surface area contributed by atoms with Crippen molar-refractivity contribution in [2.24, 2.45) is 5.92 Å². The van der Waals surface area contributed by atoms with Crippen molar-refractivity contribution in [3.05, 3.63) is 59.9 Å². The van der Waals surface area contributed by atoms with Crippen LogP contribution >= 0.6 is 0 Å². The van der Waals surface area contributed by atoms with E-state index < -0.39 is 0 Å². The summed E-state index contributed by atoms with van der Waals surface area (Å²) in [5, 5.41) is 0. The molecule has 0 spiro atoms. The maximum absolute atomic E-state index is 13.2. The molecular formula is C20H23FN4O2. The zero-order valence-electron chi connectivity index (χ0n) is 15.5. The third-order valence-electron chi connectivity index (χ3n) is 4.83. The Labute approximate surface area is 158 Å². The molecule has 1 aliphatic rings. The molecule has 0 radical (unpaired) electrons. The van der Waals surface area contributed by atoms with Crippen molar-refractivity contribution in [3.63, 3.8) is 0 Å². The number of aromatic nitrogens is 2. The lowest BCUT2D eigenvalue weighted by atomic mass is 10.0. The number of nitrogens with zero attached hydrogens (tertiary/aromatic N) is 4. The van der Waals surface area contributed by atoms with E-state index in [1.807, 2.05) is 18.7 Å². The Morgan fingerprint density at radius 3 is 2.63 bits per heavy atom. The van der Waals surface area contributed by atoms with Gasteiger partial charge in [0, 0.05) is 38.4 Å². The third kappa shape index (κ3) is 4.48. The van der Waals surface area contributed by atoms with Crippen LogP contribution in [0, 0.1) is 11.7 Å². The summed E-state index contributed by atoms with van der Waals surface area (Å²) in [7, 11) is 0. The standard InChI is InChI=1S/C20H23FN4O2/c1-14(2)18-13-24(20(27)17-11-22-8-9-23-17)10-7-19(26)25(18)12-15-3-5-16(21)6-4-15/h3-6,8-9,11,14,18H,7,10,12-13H2,1-2H3. The molecule has 27 heavy (non-hydrogen) atoms. The Morgan fingerprint density at radius 1 is 1.26 bits per heavy atom. The lowest BCUT2D eigenvalue weighted by Gasteiger charge is -2.34. The van der Waals surface area contributed by atoms with E-state index in [1.165, 1.54) is 30.7 Å². The summed E-state index contributed by atoms with van der Waals surface area (Å²) in [4.78, 5) is 37.1. The number of amides is 2. The van der Waals surface area contributed by atoms with E-state index >= 15 is 0 Å². The lowest BCUT2D eigenvalue weighted by molar-refractivity contribution is -0.134. The highest BCUT2D eigenvalue weighted by molar-refractivity contribution is 5.92. The first-order valence-corrected chi connectivity index (χ1v) is 9.05. The smallest absolute Gasteiger partial charge is 0.274 e. The number of rotatable bonds is 4. The third-order valence-corrected chi connectivity index (χ3v) is 4.83. The van der Waals surface area contributed by atoms with Gasteiger partial charge in [-0.3, -0.25) is 14.6 Å². The van der Waals surface area contributed by atoms with Gasteiger partial charge in [0.25, 0.3) is 5.91 Å². The second-order valence-electron chi connectivity index (χ2n) is 7.05. The lowest BCUT2D eigenvalue weighted by Crippen LogP contribution is -2.47. The van der Waals surface area contributed by atoms with Gasteiger partial charge in [0.1, 0.15) is 11.5 Å². The molecule has 142 valence electrons. The topological polar surface area (TPSA) is 66.4 Å². The Hall–Kier alpha value is -2.83. The Balaban J connectivity index is 1.82. The van der Waals surface area contributed by atoms with Gasteiger partial charge in [-0.05, 0) is 23.6 Å². The van der Waals surface area contributed by atoms with E-state index in [4.69, 9.17) is 0 Å². The summed E-state index contributed by atoms with van der Waals surface area (Å²) in [6, 6.07) is 6.03. The van der Waals surface area contributed by atoms with Crippen LogP contribution < -0.4 is 0 Å². The summed E-state index contributed by atoms with van der Waals surface area (Å²) in [6.07, 6.45) is 4.69. The molecule has 7 heteroatoms. The largest absolute Gasteiger partial charge is 0.335 e. The number of hydrogen-bond acceptors (Lipinski definition) is 4. The van der Waals surface area contributed by atoms with Crippen LogP contribution in [0.3, 0.4) is 0 Å². The maximum atomic E-state index is 13.2. The highest BCUT2D eigenvalue weighted by atomic mass is 19.1. The van der Waals surface area contributed by atoms with Crippen molar-refractivity contribution in [2.75, 3.05) is 13.1 Å². The molecule has 0 bridgehead atoms. The van der Waals surface area contributed by atoms with Gasteiger partial charge >= 0.3 is 0 Å². The first-order chi connectivity index (χ1) is 13.0. The SMILES string of the molecule is CC(C)C1CN(C(=O)c2cnccn2)CCC(=O)N1Cc1ccc(F)cc1. The number of benzene rings is 1. The quantitative estimate of drug-likeness (QED) is 0.829. The number of halogens is 1. The molecule has 0 N–H and O–H groups in total. The highest BCUT2D eigenvalue weighted by Crippen LogP contribution is 2.22. The fourth-order valence-electron chi connectivity index (χ4n) is 3.29. The molecule has 1 saturated heterocycles. The van der Waals surface area contributed by atoms with E-state index in [0.29, 0.717) is 19.6 Å². The van der Waals surface area contributed by atoms with Crippen LogP contribution in [-0.2, 0) is 11.3 Å². The van der Waals surface area contributed by atoms with E-state index in [9.17, 15) is 14.0 Å². The monoisotopic (exact) mass is 370 g/mol. The zero-order valence-corrected chi connectivity index (χ0v) is 15.5. The molecule has 0 saturated carbocycles. The molecule has 2 aromatic rings. The molecule has 1 atom stereocenters. The molecule has 2 amide bonds. The van der Waals surface area contributed by atoms with Crippen LogP contribution in [0.25, 0.3) is 0 Å². The van der Waals surface area contributed by atoms with Crippen molar-refractivity contribution >= 4 is 11.8 Å². The van der Waals surface area contributed by atoms with Crippen molar-refractivity contribution in [1.82, 2.24) is 19.8 Å². The molecule has 0 aliphatic carbocycles. The number of carbonyl (C=O) groups is 2. The van der Waals surface area contributed by atoms with Gasteiger partial charge in [-0.1, -0.05) is 26.0 Å². The Kier molecular flexibility index (Phi) is 5.78. The Morgan fingerprint density at radius 2 is 2.00 bits per heavy atom.